The fraction of sp³-hybridized carbons (Fsp3) is 0.529. The van der Waals surface area contributed by atoms with Gasteiger partial charge >= 0.3 is 0 Å². The van der Waals surface area contributed by atoms with Crippen LogP contribution in [0.4, 0.5) is 0 Å². The normalized spacial score (nSPS) is 21.0. The summed E-state index contributed by atoms with van der Waals surface area (Å²) in [5.74, 6) is 1.27. The Balaban J connectivity index is 1.91. The number of ether oxygens (including phenoxy) is 2. The number of hydrogen-bond acceptors (Lipinski definition) is 4. The van der Waals surface area contributed by atoms with Gasteiger partial charge in [-0.05, 0) is 37.0 Å². The third kappa shape index (κ3) is 4.23. The molecule has 0 aromatic heterocycles. The van der Waals surface area contributed by atoms with Gasteiger partial charge in [-0.25, -0.2) is 0 Å². The minimum Gasteiger partial charge on any atom is -0.493 e. The third-order valence-electron chi connectivity index (χ3n) is 4.14. The molecule has 22 heavy (non-hydrogen) atoms. The predicted octanol–water partition coefficient (Wildman–Crippen LogP) is 2.58. The minimum atomic E-state index is -0.141. The van der Waals surface area contributed by atoms with Crippen LogP contribution in [0.2, 0.25) is 0 Å². The van der Waals surface area contributed by atoms with E-state index in [-0.39, 0.29) is 18.6 Å². The van der Waals surface area contributed by atoms with E-state index in [1.54, 1.807) is 18.2 Å². The number of benzene rings is 1. The summed E-state index contributed by atoms with van der Waals surface area (Å²) in [6.45, 7) is 2.09. The van der Waals surface area contributed by atoms with Gasteiger partial charge in [-0.3, -0.25) is 9.59 Å². The van der Waals surface area contributed by atoms with E-state index in [4.69, 9.17) is 9.47 Å². The molecule has 2 unspecified atom stereocenters. The number of amides is 1. The van der Waals surface area contributed by atoms with Gasteiger partial charge in [0, 0.05) is 11.6 Å². The van der Waals surface area contributed by atoms with Gasteiger partial charge in [0.05, 0.1) is 7.11 Å². The zero-order valence-electron chi connectivity index (χ0n) is 13.1. The van der Waals surface area contributed by atoms with E-state index in [1.807, 2.05) is 0 Å². The summed E-state index contributed by atoms with van der Waals surface area (Å²) < 4.78 is 10.7. The lowest BCUT2D eigenvalue weighted by molar-refractivity contribution is -0.124. The maximum absolute atomic E-state index is 12.0. The molecule has 0 radical (unpaired) electrons. The average molecular weight is 305 g/mol. The van der Waals surface area contributed by atoms with E-state index in [9.17, 15) is 9.59 Å². The van der Waals surface area contributed by atoms with Crippen LogP contribution in [0.15, 0.2) is 18.2 Å². The zero-order chi connectivity index (χ0) is 15.9. The first-order valence-corrected chi connectivity index (χ1v) is 7.69. The van der Waals surface area contributed by atoms with Crippen LogP contribution in [0.3, 0.4) is 0 Å². The standard InChI is InChI=1S/C17H23NO4/c1-12-5-3-4-6-14(12)18-17(20)11-22-16-9-13(10-19)7-8-15(16)21-2/h7-10,12,14H,3-6,11H2,1-2H3,(H,18,20). The Hall–Kier alpha value is -2.04. The van der Waals surface area contributed by atoms with Gasteiger partial charge in [0.15, 0.2) is 18.1 Å². The first-order valence-electron chi connectivity index (χ1n) is 7.69. The highest BCUT2D eigenvalue weighted by Crippen LogP contribution is 2.27. The van der Waals surface area contributed by atoms with Crippen LogP contribution in [0.1, 0.15) is 43.0 Å². The first-order chi connectivity index (χ1) is 10.6. The number of rotatable bonds is 6. The molecule has 0 saturated heterocycles. The molecule has 1 fully saturated rings. The van der Waals surface area contributed by atoms with Gasteiger partial charge in [-0.15, -0.1) is 0 Å². The molecule has 120 valence electrons. The number of carbonyl (C=O) groups is 2. The number of methoxy groups -OCH3 is 1. The molecule has 1 N–H and O–H groups in total. The van der Waals surface area contributed by atoms with Crippen molar-refractivity contribution in [3.63, 3.8) is 0 Å². The van der Waals surface area contributed by atoms with Crippen LogP contribution in [0.25, 0.3) is 0 Å². The number of hydrogen-bond donors (Lipinski definition) is 1. The predicted molar refractivity (Wildman–Crippen MR) is 83.4 cm³/mol. The molecule has 1 amide bonds. The van der Waals surface area contributed by atoms with Gasteiger partial charge in [0.25, 0.3) is 5.91 Å². The third-order valence-corrected chi connectivity index (χ3v) is 4.14. The van der Waals surface area contributed by atoms with Crippen LogP contribution in [0.5, 0.6) is 11.5 Å². The van der Waals surface area contributed by atoms with Gasteiger partial charge < -0.3 is 14.8 Å². The molecule has 5 heteroatoms. The van der Waals surface area contributed by atoms with Crippen molar-refractivity contribution in [3.8, 4) is 11.5 Å². The van der Waals surface area contributed by atoms with Crippen molar-refractivity contribution in [1.82, 2.24) is 5.32 Å². The fourth-order valence-corrected chi connectivity index (χ4v) is 2.80. The summed E-state index contributed by atoms with van der Waals surface area (Å²) in [7, 11) is 1.52. The highest BCUT2D eigenvalue weighted by atomic mass is 16.5. The Morgan fingerprint density at radius 2 is 2.09 bits per heavy atom. The number of nitrogens with one attached hydrogen (secondary N) is 1. The smallest absolute Gasteiger partial charge is 0.258 e. The Morgan fingerprint density at radius 1 is 1.32 bits per heavy atom. The summed E-state index contributed by atoms with van der Waals surface area (Å²) >= 11 is 0. The molecule has 5 nitrogen and oxygen atoms in total. The highest BCUT2D eigenvalue weighted by Gasteiger charge is 2.23. The second-order valence-corrected chi connectivity index (χ2v) is 5.75. The molecule has 2 atom stereocenters. The molecular weight excluding hydrogens is 282 g/mol. The molecule has 2 rings (SSSR count). The summed E-state index contributed by atoms with van der Waals surface area (Å²) in [4.78, 5) is 22.9. The fourth-order valence-electron chi connectivity index (χ4n) is 2.80. The molecule has 1 aliphatic carbocycles. The molecule has 0 heterocycles. The second-order valence-electron chi connectivity index (χ2n) is 5.75. The monoisotopic (exact) mass is 305 g/mol. The quantitative estimate of drug-likeness (QED) is 0.820. The molecule has 1 aliphatic rings. The maximum atomic E-state index is 12.0. The Labute approximate surface area is 131 Å². The van der Waals surface area contributed by atoms with Crippen molar-refractivity contribution >= 4 is 12.2 Å². The first kappa shape index (κ1) is 16.3. The number of carbonyl (C=O) groups excluding carboxylic acids is 2. The van der Waals surface area contributed by atoms with Gasteiger partial charge in [0.2, 0.25) is 0 Å². The SMILES string of the molecule is COc1ccc(C=O)cc1OCC(=O)NC1CCCCC1C. The van der Waals surface area contributed by atoms with Crippen molar-refractivity contribution in [1.29, 1.82) is 0 Å². The topological polar surface area (TPSA) is 64.6 Å². The van der Waals surface area contributed by atoms with Crippen LogP contribution in [0, 0.1) is 5.92 Å². The summed E-state index contributed by atoms with van der Waals surface area (Å²) in [5, 5.41) is 3.03. The van der Waals surface area contributed by atoms with Crippen molar-refractivity contribution in [2.75, 3.05) is 13.7 Å². The molecule has 1 saturated carbocycles. The lowest BCUT2D eigenvalue weighted by atomic mass is 9.86. The molecule has 0 spiro atoms. The Bertz CT molecular complexity index is 529. The lowest BCUT2D eigenvalue weighted by Gasteiger charge is -2.29. The van der Waals surface area contributed by atoms with E-state index < -0.39 is 0 Å². The Morgan fingerprint density at radius 3 is 2.77 bits per heavy atom. The van der Waals surface area contributed by atoms with E-state index in [1.165, 1.54) is 13.5 Å². The molecule has 0 bridgehead atoms. The van der Waals surface area contributed by atoms with Crippen LogP contribution in [-0.4, -0.2) is 32.0 Å². The van der Waals surface area contributed by atoms with Gasteiger partial charge in [0.1, 0.15) is 6.29 Å². The minimum absolute atomic E-state index is 0.0815. The van der Waals surface area contributed by atoms with Gasteiger partial charge in [-0.2, -0.15) is 0 Å². The number of aldehydes is 1. The van der Waals surface area contributed by atoms with Crippen molar-refractivity contribution in [2.24, 2.45) is 5.92 Å². The molecule has 1 aromatic carbocycles. The molecule has 0 aliphatic heterocycles. The van der Waals surface area contributed by atoms with E-state index in [0.717, 1.165) is 25.5 Å². The van der Waals surface area contributed by atoms with Crippen LogP contribution in [-0.2, 0) is 4.79 Å². The molecule has 1 aromatic rings. The van der Waals surface area contributed by atoms with Crippen molar-refractivity contribution in [3.05, 3.63) is 23.8 Å². The lowest BCUT2D eigenvalue weighted by Crippen LogP contribution is -2.43. The van der Waals surface area contributed by atoms with Crippen molar-refractivity contribution < 1.29 is 19.1 Å². The van der Waals surface area contributed by atoms with Crippen LogP contribution >= 0.6 is 0 Å². The summed E-state index contributed by atoms with van der Waals surface area (Å²) in [6, 6.07) is 5.10. The summed E-state index contributed by atoms with van der Waals surface area (Å²) in [6.07, 6.45) is 5.30. The van der Waals surface area contributed by atoms with E-state index in [0.29, 0.717) is 23.0 Å². The molecular formula is C17H23NO4. The average Bonchev–Trinajstić information content (AvgIpc) is 2.54. The highest BCUT2D eigenvalue weighted by molar-refractivity contribution is 5.79. The maximum Gasteiger partial charge on any atom is 0.258 e. The van der Waals surface area contributed by atoms with E-state index >= 15 is 0 Å². The van der Waals surface area contributed by atoms with Crippen LogP contribution < -0.4 is 14.8 Å². The summed E-state index contributed by atoms with van der Waals surface area (Å²) in [5.41, 5.74) is 0.483. The zero-order valence-corrected chi connectivity index (χ0v) is 13.1. The van der Waals surface area contributed by atoms with Gasteiger partial charge in [-0.1, -0.05) is 19.8 Å². The van der Waals surface area contributed by atoms with E-state index in [2.05, 4.69) is 12.2 Å². The Kier molecular flexibility index (Phi) is 5.81. The van der Waals surface area contributed by atoms with Crippen molar-refractivity contribution in [2.45, 2.75) is 38.6 Å². The largest absolute Gasteiger partial charge is 0.493 e. The second kappa shape index (κ2) is 7.82.